The van der Waals surface area contributed by atoms with Crippen LogP contribution in [0.1, 0.15) is 35.7 Å². The highest BCUT2D eigenvalue weighted by Gasteiger charge is 2.21. The second kappa shape index (κ2) is 9.44. The number of rotatable bonds is 7. The molecule has 0 saturated heterocycles. The zero-order chi connectivity index (χ0) is 22.7. The van der Waals surface area contributed by atoms with Crippen molar-refractivity contribution in [2.45, 2.75) is 39.5 Å². The van der Waals surface area contributed by atoms with Crippen LogP contribution < -0.4 is 10.6 Å². The predicted octanol–water partition coefficient (Wildman–Crippen LogP) is 4.14. The molecule has 166 valence electrons. The molecule has 2 aromatic heterocycles. The van der Waals surface area contributed by atoms with Gasteiger partial charge in [0.1, 0.15) is 0 Å². The zero-order valence-electron chi connectivity index (χ0n) is 19.2. The van der Waals surface area contributed by atoms with Crippen molar-refractivity contribution in [1.29, 1.82) is 0 Å². The Labute approximate surface area is 189 Å². The summed E-state index contributed by atoms with van der Waals surface area (Å²) in [6.45, 7) is 5.11. The van der Waals surface area contributed by atoms with Gasteiger partial charge in [0.25, 0.3) is 0 Å². The number of aromatic nitrogens is 3. The molecule has 0 radical (unpaired) electrons. The molecule has 2 N–H and O–H groups in total. The molecule has 1 aliphatic rings. The molecule has 32 heavy (non-hydrogen) atoms. The lowest BCUT2D eigenvalue weighted by molar-refractivity contribution is -0.115. The van der Waals surface area contributed by atoms with Gasteiger partial charge in [0, 0.05) is 23.5 Å². The van der Waals surface area contributed by atoms with E-state index < -0.39 is 0 Å². The van der Waals surface area contributed by atoms with Crippen molar-refractivity contribution in [2.24, 2.45) is 0 Å². The van der Waals surface area contributed by atoms with E-state index >= 15 is 0 Å². The van der Waals surface area contributed by atoms with Gasteiger partial charge in [-0.1, -0.05) is 19.1 Å². The van der Waals surface area contributed by atoms with Crippen LogP contribution in [-0.4, -0.2) is 46.4 Å². The van der Waals surface area contributed by atoms with Crippen LogP contribution in [0.15, 0.2) is 36.7 Å². The van der Waals surface area contributed by atoms with Crippen LogP contribution in [0.3, 0.4) is 0 Å². The van der Waals surface area contributed by atoms with Gasteiger partial charge in [-0.15, -0.1) is 0 Å². The fraction of sp³-hybridized carbons (Fsp3) is 0.360. The molecule has 0 atom stereocenters. The lowest BCUT2D eigenvalue weighted by Gasteiger charge is -2.13. The number of hydrogen-bond donors (Lipinski definition) is 2. The third-order valence-electron chi connectivity index (χ3n) is 5.70. The first-order valence-corrected chi connectivity index (χ1v) is 11.1. The standard InChI is InChI=1S/C25H30N6O/c1-5-17-8-9-20-22(11-17)28-23(32)13-19-15-27-25(30-24(19)20)29-21-12-18(14-26-16(21)2)7-6-10-31(3)4/h8-9,11-12,14-15H,5-7,10,13H2,1-4H3,(H,28,32)(H,27,29,30). The van der Waals surface area contributed by atoms with Gasteiger partial charge in [-0.25, -0.2) is 9.97 Å². The summed E-state index contributed by atoms with van der Waals surface area (Å²) in [6, 6.07) is 8.27. The first kappa shape index (κ1) is 21.9. The zero-order valence-corrected chi connectivity index (χ0v) is 19.2. The van der Waals surface area contributed by atoms with Crippen molar-refractivity contribution >= 4 is 23.2 Å². The minimum absolute atomic E-state index is 0.0481. The van der Waals surface area contributed by atoms with E-state index in [1.807, 2.05) is 25.3 Å². The molecule has 7 heteroatoms. The van der Waals surface area contributed by atoms with Crippen LogP contribution in [0.2, 0.25) is 0 Å². The number of aryl methyl sites for hydroxylation is 3. The summed E-state index contributed by atoms with van der Waals surface area (Å²) in [6.07, 6.45) is 6.89. The van der Waals surface area contributed by atoms with E-state index in [1.165, 1.54) is 11.1 Å². The molecule has 0 saturated carbocycles. The predicted molar refractivity (Wildman–Crippen MR) is 128 cm³/mol. The minimum Gasteiger partial charge on any atom is -0.325 e. The number of anilines is 3. The van der Waals surface area contributed by atoms with Gasteiger partial charge in [-0.3, -0.25) is 9.78 Å². The van der Waals surface area contributed by atoms with Crippen molar-refractivity contribution in [3.05, 3.63) is 59.0 Å². The van der Waals surface area contributed by atoms with Gasteiger partial charge < -0.3 is 15.5 Å². The Morgan fingerprint density at radius 1 is 1.12 bits per heavy atom. The van der Waals surface area contributed by atoms with Crippen molar-refractivity contribution in [1.82, 2.24) is 19.9 Å². The normalized spacial score (nSPS) is 12.7. The molecule has 4 rings (SSSR count). The van der Waals surface area contributed by atoms with E-state index in [0.717, 1.165) is 59.7 Å². The summed E-state index contributed by atoms with van der Waals surface area (Å²) >= 11 is 0. The summed E-state index contributed by atoms with van der Waals surface area (Å²) in [7, 11) is 4.17. The average molecular weight is 431 g/mol. The van der Waals surface area contributed by atoms with Crippen LogP contribution in [-0.2, 0) is 24.1 Å². The largest absolute Gasteiger partial charge is 0.325 e. The second-order valence-electron chi connectivity index (χ2n) is 8.53. The van der Waals surface area contributed by atoms with Crippen molar-refractivity contribution < 1.29 is 4.79 Å². The summed E-state index contributed by atoms with van der Waals surface area (Å²) < 4.78 is 0. The molecular formula is C25H30N6O. The SMILES string of the molecule is CCc1ccc2c(c1)NC(=O)Cc1cnc(Nc3cc(CCCN(C)C)cnc3C)nc1-2. The van der Waals surface area contributed by atoms with Crippen molar-refractivity contribution in [3.8, 4) is 11.3 Å². The van der Waals surface area contributed by atoms with E-state index in [4.69, 9.17) is 4.98 Å². The Morgan fingerprint density at radius 2 is 1.97 bits per heavy atom. The van der Waals surface area contributed by atoms with Gasteiger partial charge in [0.2, 0.25) is 11.9 Å². The summed E-state index contributed by atoms with van der Waals surface area (Å²) in [5.41, 5.74) is 7.48. The Hall–Kier alpha value is -3.32. The molecule has 0 unspecified atom stereocenters. The molecule has 1 aliphatic heterocycles. The van der Waals surface area contributed by atoms with Crippen LogP contribution in [0.25, 0.3) is 11.3 Å². The quantitative estimate of drug-likeness (QED) is 0.586. The number of fused-ring (bicyclic) bond motifs is 3. The average Bonchev–Trinajstić information content (AvgIpc) is 2.90. The Bertz CT molecular complexity index is 1140. The van der Waals surface area contributed by atoms with Gasteiger partial charge in [0.05, 0.1) is 29.2 Å². The smallest absolute Gasteiger partial charge is 0.228 e. The molecule has 1 aromatic carbocycles. The minimum atomic E-state index is -0.0481. The first-order chi connectivity index (χ1) is 15.4. The highest BCUT2D eigenvalue weighted by molar-refractivity contribution is 6.00. The molecule has 0 bridgehead atoms. The second-order valence-corrected chi connectivity index (χ2v) is 8.53. The highest BCUT2D eigenvalue weighted by atomic mass is 16.1. The Kier molecular flexibility index (Phi) is 6.46. The maximum atomic E-state index is 12.4. The van der Waals surface area contributed by atoms with Crippen LogP contribution in [0.5, 0.6) is 0 Å². The summed E-state index contributed by atoms with van der Waals surface area (Å²) in [5.74, 6) is 0.451. The monoisotopic (exact) mass is 430 g/mol. The third kappa shape index (κ3) is 4.94. The van der Waals surface area contributed by atoms with E-state index in [2.05, 4.69) is 58.7 Å². The Balaban J connectivity index is 1.63. The number of hydrogen-bond acceptors (Lipinski definition) is 6. The van der Waals surface area contributed by atoms with Crippen LogP contribution in [0, 0.1) is 6.92 Å². The van der Waals surface area contributed by atoms with Gasteiger partial charge >= 0.3 is 0 Å². The van der Waals surface area contributed by atoms with Gasteiger partial charge in [-0.2, -0.15) is 0 Å². The van der Waals surface area contributed by atoms with E-state index in [1.54, 1.807) is 6.20 Å². The fourth-order valence-electron chi connectivity index (χ4n) is 3.88. The number of carbonyl (C=O) groups excluding carboxylic acids is 1. The topological polar surface area (TPSA) is 83.0 Å². The molecule has 0 spiro atoms. The molecule has 0 aliphatic carbocycles. The van der Waals surface area contributed by atoms with Crippen LogP contribution >= 0.6 is 0 Å². The van der Waals surface area contributed by atoms with E-state index in [0.29, 0.717) is 5.95 Å². The van der Waals surface area contributed by atoms with Crippen molar-refractivity contribution in [3.63, 3.8) is 0 Å². The van der Waals surface area contributed by atoms with Crippen LogP contribution in [0.4, 0.5) is 17.3 Å². The summed E-state index contributed by atoms with van der Waals surface area (Å²) in [4.78, 5) is 28.4. The highest BCUT2D eigenvalue weighted by Crippen LogP contribution is 2.34. The number of nitrogens with one attached hydrogen (secondary N) is 2. The molecular weight excluding hydrogens is 400 g/mol. The molecule has 7 nitrogen and oxygen atoms in total. The number of nitrogens with zero attached hydrogens (tertiary/aromatic N) is 4. The lowest BCUT2D eigenvalue weighted by Crippen LogP contribution is -2.13. The van der Waals surface area contributed by atoms with E-state index in [9.17, 15) is 4.79 Å². The Morgan fingerprint density at radius 3 is 2.75 bits per heavy atom. The lowest BCUT2D eigenvalue weighted by atomic mass is 10.0. The number of carbonyl (C=O) groups is 1. The molecule has 0 fully saturated rings. The maximum Gasteiger partial charge on any atom is 0.228 e. The van der Waals surface area contributed by atoms with Crippen molar-refractivity contribution in [2.75, 3.05) is 31.3 Å². The first-order valence-electron chi connectivity index (χ1n) is 11.1. The summed E-state index contributed by atoms with van der Waals surface area (Å²) in [5, 5.41) is 6.36. The fourth-order valence-corrected chi connectivity index (χ4v) is 3.88. The molecule has 3 heterocycles. The number of benzene rings is 1. The van der Waals surface area contributed by atoms with E-state index in [-0.39, 0.29) is 12.3 Å². The maximum absolute atomic E-state index is 12.4. The molecule has 1 amide bonds. The van der Waals surface area contributed by atoms with Gasteiger partial charge in [-0.05, 0) is 70.1 Å². The molecule has 3 aromatic rings. The number of pyridine rings is 1. The third-order valence-corrected chi connectivity index (χ3v) is 5.70. The van der Waals surface area contributed by atoms with Gasteiger partial charge in [0.15, 0.2) is 0 Å². The number of amides is 1.